The third-order valence-corrected chi connectivity index (χ3v) is 6.44. The maximum atomic E-state index is 12.0. The van der Waals surface area contributed by atoms with Gasteiger partial charge in [-0.3, -0.25) is 0 Å². The van der Waals surface area contributed by atoms with Gasteiger partial charge in [0.1, 0.15) is 5.56 Å². The zero-order valence-electron chi connectivity index (χ0n) is 22.5. The first-order valence-electron chi connectivity index (χ1n) is 14.1. The van der Waals surface area contributed by atoms with Crippen molar-refractivity contribution in [2.75, 3.05) is 13.2 Å². The van der Waals surface area contributed by atoms with Crippen LogP contribution >= 0.6 is 0 Å². The van der Waals surface area contributed by atoms with Crippen LogP contribution in [-0.2, 0) is 6.42 Å². The van der Waals surface area contributed by atoms with Gasteiger partial charge in [-0.15, -0.1) is 0 Å². The number of rotatable bonds is 22. The number of carboxylic acid groups (broad SMARTS) is 1. The number of unbranched alkanes of at least 4 members (excludes halogenated alkanes) is 13. The number of aromatic hydroxyl groups is 2. The highest BCUT2D eigenvalue weighted by molar-refractivity contribution is 5.96. The third-order valence-electron chi connectivity index (χ3n) is 6.44. The van der Waals surface area contributed by atoms with E-state index in [0.717, 1.165) is 64.2 Å². The first-order chi connectivity index (χ1) is 17.0. The van der Waals surface area contributed by atoms with Crippen LogP contribution < -0.4 is 9.47 Å². The molecule has 3 N–H and O–H groups in total. The standard InChI is InChI=1S/C29H50O6/c1-4-7-10-13-15-18-21-34-27-23(20-17-12-9-6-3)24(29(32)33)25(30)26(31)28(27)35-22-19-16-14-11-8-5-2/h30-31H,4-22H2,1-3H3,(H,32,33). The quantitative estimate of drug-likeness (QED) is 0.111. The summed E-state index contributed by atoms with van der Waals surface area (Å²) < 4.78 is 12.0. The van der Waals surface area contributed by atoms with Crippen molar-refractivity contribution in [3.63, 3.8) is 0 Å². The zero-order valence-corrected chi connectivity index (χ0v) is 22.5. The first kappa shape index (κ1) is 30.9. The second-order valence-electron chi connectivity index (χ2n) is 9.56. The maximum absolute atomic E-state index is 12.0. The fourth-order valence-corrected chi connectivity index (χ4v) is 4.32. The van der Waals surface area contributed by atoms with Crippen molar-refractivity contribution >= 4 is 5.97 Å². The van der Waals surface area contributed by atoms with E-state index in [2.05, 4.69) is 20.8 Å². The van der Waals surface area contributed by atoms with Crippen molar-refractivity contribution in [2.45, 2.75) is 130 Å². The van der Waals surface area contributed by atoms with Crippen molar-refractivity contribution in [3.8, 4) is 23.0 Å². The molecule has 0 amide bonds. The predicted octanol–water partition coefficient (Wildman–Crippen LogP) is 8.40. The Kier molecular flexibility index (Phi) is 16.9. The summed E-state index contributed by atoms with van der Waals surface area (Å²) in [6.07, 6.45) is 17.6. The van der Waals surface area contributed by atoms with Gasteiger partial charge in [0.25, 0.3) is 0 Å². The summed E-state index contributed by atoms with van der Waals surface area (Å²) in [5.41, 5.74) is 0.150. The molecule has 6 heteroatoms. The molecular weight excluding hydrogens is 444 g/mol. The summed E-state index contributed by atoms with van der Waals surface area (Å²) in [7, 11) is 0. The lowest BCUT2D eigenvalue weighted by Crippen LogP contribution is -2.11. The molecule has 0 aliphatic rings. The van der Waals surface area contributed by atoms with Crippen LogP contribution in [0.3, 0.4) is 0 Å². The average Bonchev–Trinajstić information content (AvgIpc) is 2.84. The van der Waals surface area contributed by atoms with Gasteiger partial charge in [-0.2, -0.15) is 0 Å². The lowest BCUT2D eigenvalue weighted by molar-refractivity contribution is 0.0690. The Morgan fingerprint density at radius 3 is 1.51 bits per heavy atom. The van der Waals surface area contributed by atoms with E-state index in [4.69, 9.17) is 9.47 Å². The van der Waals surface area contributed by atoms with E-state index in [-0.39, 0.29) is 17.1 Å². The molecule has 0 atom stereocenters. The van der Waals surface area contributed by atoms with Gasteiger partial charge in [-0.25, -0.2) is 4.79 Å². The Bertz CT molecular complexity index is 716. The monoisotopic (exact) mass is 494 g/mol. The SMILES string of the molecule is CCCCCCCCOc1c(O)c(O)c(C(=O)O)c(CCCCCC)c1OCCCCCCCC. The highest BCUT2D eigenvalue weighted by Gasteiger charge is 2.29. The Morgan fingerprint density at radius 1 is 0.600 bits per heavy atom. The van der Waals surface area contributed by atoms with E-state index in [1.807, 2.05) is 0 Å². The Hall–Kier alpha value is -2.11. The van der Waals surface area contributed by atoms with E-state index < -0.39 is 17.5 Å². The van der Waals surface area contributed by atoms with Gasteiger partial charge in [0.05, 0.1) is 13.2 Å². The molecule has 0 unspecified atom stereocenters. The van der Waals surface area contributed by atoms with Crippen molar-refractivity contribution < 1.29 is 29.6 Å². The number of ether oxygens (including phenoxy) is 2. The van der Waals surface area contributed by atoms with Crippen LogP contribution in [0.2, 0.25) is 0 Å². The molecule has 0 aliphatic heterocycles. The maximum Gasteiger partial charge on any atom is 0.340 e. The van der Waals surface area contributed by atoms with E-state index >= 15 is 0 Å². The van der Waals surface area contributed by atoms with E-state index in [0.29, 0.717) is 25.2 Å². The lowest BCUT2D eigenvalue weighted by atomic mass is 9.97. The van der Waals surface area contributed by atoms with Gasteiger partial charge in [0, 0.05) is 5.56 Å². The highest BCUT2D eigenvalue weighted by atomic mass is 16.5. The molecule has 1 aromatic rings. The van der Waals surface area contributed by atoms with Crippen LogP contribution in [0.15, 0.2) is 0 Å². The molecule has 1 rings (SSSR count). The van der Waals surface area contributed by atoms with Crippen LogP contribution in [-0.4, -0.2) is 34.5 Å². The molecule has 6 nitrogen and oxygen atoms in total. The molecule has 0 aromatic heterocycles. The van der Waals surface area contributed by atoms with Gasteiger partial charge in [-0.05, 0) is 25.7 Å². The minimum absolute atomic E-state index is 0.0810. The fourth-order valence-electron chi connectivity index (χ4n) is 4.32. The molecule has 0 fully saturated rings. The van der Waals surface area contributed by atoms with Crippen molar-refractivity contribution in [1.82, 2.24) is 0 Å². The Morgan fingerprint density at radius 2 is 1.03 bits per heavy atom. The van der Waals surface area contributed by atoms with Crippen LogP contribution in [0.25, 0.3) is 0 Å². The summed E-state index contributed by atoms with van der Waals surface area (Å²) in [6.45, 7) is 7.30. The minimum Gasteiger partial charge on any atom is -0.504 e. The number of carbonyl (C=O) groups is 1. The van der Waals surface area contributed by atoms with Gasteiger partial charge < -0.3 is 24.8 Å². The highest BCUT2D eigenvalue weighted by Crippen LogP contribution is 2.49. The number of phenolic OH excluding ortho intramolecular Hbond substituents is 1. The Balaban J connectivity index is 3.06. The number of carboxylic acids is 1. The molecule has 0 bridgehead atoms. The second-order valence-corrected chi connectivity index (χ2v) is 9.56. The number of aromatic carboxylic acids is 1. The van der Waals surface area contributed by atoms with Gasteiger partial charge in [0.15, 0.2) is 11.5 Å². The third kappa shape index (κ3) is 11.4. The molecule has 0 saturated carbocycles. The molecule has 0 heterocycles. The molecule has 35 heavy (non-hydrogen) atoms. The molecular formula is C29H50O6. The van der Waals surface area contributed by atoms with Crippen LogP contribution in [0.1, 0.15) is 139 Å². The zero-order chi connectivity index (χ0) is 25.9. The molecule has 0 aliphatic carbocycles. The first-order valence-corrected chi connectivity index (χ1v) is 14.1. The van der Waals surface area contributed by atoms with Crippen molar-refractivity contribution in [1.29, 1.82) is 0 Å². The van der Waals surface area contributed by atoms with Crippen LogP contribution in [0.5, 0.6) is 23.0 Å². The van der Waals surface area contributed by atoms with Crippen LogP contribution in [0.4, 0.5) is 0 Å². The minimum atomic E-state index is -1.27. The largest absolute Gasteiger partial charge is 0.504 e. The summed E-state index contributed by atoms with van der Waals surface area (Å²) in [4.78, 5) is 12.0. The second kappa shape index (κ2) is 19.1. The summed E-state index contributed by atoms with van der Waals surface area (Å²) >= 11 is 0. The number of hydrogen-bond donors (Lipinski definition) is 3. The van der Waals surface area contributed by atoms with Gasteiger partial charge in [0.2, 0.25) is 11.5 Å². The lowest BCUT2D eigenvalue weighted by Gasteiger charge is -2.21. The predicted molar refractivity (Wildman–Crippen MR) is 142 cm³/mol. The number of benzene rings is 1. The summed E-state index contributed by atoms with van der Waals surface area (Å²) in [5.74, 6) is -2.07. The van der Waals surface area contributed by atoms with Crippen LogP contribution in [0, 0.1) is 0 Å². The summed E-state index contributed by atoms with van der Waals surface area (Å²) in [5, 5.41) is 31.1. The number of hydrogen-bond acceptors (Lipinski definition) is 5. The van der Waals surface area contributed by atoms with Crippen molar-refractivity contribution in [3.05, 3.63) is 11.1 Å². The molecule has 1 aromatic carbocycles. The van der Waals surface area contributed by atoms with E-state index in [1.165, 1.54) is 38.5 Å². The average molecular weight is 495 g/mol. The molecule has 202 valence electrons. The smallest absolute Gasteiger partial charge is 0.340 e. The van der Waals surface area contributed by atoms with E-state index in [9.17, 15) is 20.1 Å². The van der Waals surface area contributed by atoms with E-state index in [1.54, 1.807) is 0 Å². The van der Waals surface area contributed by atoms with Gasteiger partial charge in [-0.1, -0.05) is 104 Å². The molecule has 0 saturated heterocycles. The molecule has 0 radical (unpaired) electrons. The van der Waals surface area contributed by atoms with Crippen molar-refractivity contribution in [2.24, 2.45) is 0 Å². The normalized spacial score (nSPS) is 11.1. The fraction of sp³-hybridized carbons (Fsp3) is 0.759. The molecule has 0 spiro atoms. The summed E-state index contributed by atoms with van der Waals surface area (Å²) in [6, 6.07) is 0. The Labute approximate surface area is 213 Å². The van der Waals surface area contributed by atoms with Gasteiger partial charge >= 0.3 is 5.97 Å². The topological polar surface area (TPSA) is 96.2 Å². The number of phenols is 2.